The van der Waals surface area contributed by atoms with Gasteiger partial charge >= 0.3 is 0 Å². The topological polar surface area (TPSA) is 50.9 Å². The lowest BCUT2D eigenvalue weighted by atomic mass is 10.3. The third kappa shape index (κ3) is 0.914. The first-order chi connectivity index (χ1) is 5.27. The molecule has 1 radical (unpaired) electrons. The summed E-state index contributed by atoms with van der Waals surface area (Å²) >= 11 is 5.64. The normalized spacial score (nSPS) is 10.6. The smallest absolute Gasteiger partial charge is 0.132 e. The van der Waals surface area contributed by atoms with Gasteiger partial charge in [0.15, 0.2) is 0 Å². The Morgan fingerprint density at radius 1 is 1.64 bits per heavy atom. The van der Waals surface area contributed by atoms with Crippen LogP contribution in [0.5, 0.6) is 0 Å². The lowest BCUT2D eigenvalue weighted by Crippen LogP contribution is -1.90. The fourth-order valence-electron chi connectivity index (χ4n) is 0.820. The van der Waals surface area contributed by atoms with Gasteiger partial charge in [0.05, 0.1) is 0 Å². The van der Waals surface area contributed by atoms with Crippen LogP contribution in [0, 0.1) is 6.07 Å². The van der Waals surface area contributed by atoms with Gasteiger partial charge in [-0.15, -0.1) is 5.10 Å². The molecule has 11 heavy (non-hydrogen) atoms. The number of hydrogen-bond donors (Lipinski definition) is 1. The molecule has 2 rings (SSSR count). The maximum absolute atomic E-state index is 9.00. The molecule has 55 valence electrons. The van der Waals surface area contributed by atoms with Crippen molar-refractivity contribution in [1.82, 2.24) is 15.2 Å². The number of fused-ring (bicyclic) bond motifs is 1. The number of nitrogens with zero attached hydrogens (tertiary/aromatic N) is 3. The highest BCUT2D eigenvalue weighted by Gasteiger charge is 2.02. The molecular weight excluding hydrogens is 166 g/mol. The van der Waals surface area contributed by atoms with Gasteiger partial charge in [0.25, 0.3) is 0 Å². The molecule has 0 aliphatic carbocycles. The fourth-order valence-corrected chi connectivity index (χ4v) is 0.978. The predicted octanol–water partition coefficient (Wildman–Crippen LogP) is 1.12. The molecule has 1 heterocycles. The Morgan fingerprint density at radius 3 is 3.27 bits per heavy atom. The largest absolute Gasteiger partial charge is 0.410 e. The molecule has 0 bridgehead atoms. The zero-order valence-corrected chi connectivity index (χ0v) is 6.08. The zero-order chi connectivity index (χ0) is 7.84. The second kappa shape index (κ2) is 2.10. The molecule has 5 heteroatoms. The Hall–Kier alpha value is -1.29. The van der Waals surface area contributed by atoms with Crippen LogP contribution in [0.25, 0.3) is 11.0 Å². The van der Waals surface area contributed by atoms with Gasteiger partial charge in [-0.2, -0.15) is 0 Å². The minimum atomic E-state index is 0.456. The van der Waals surface area contributed by atoms with Gasteiger partial charge in [0.2, 0.25) is 0 Å². The van der Waals surface area contributed by atoms with E-state index in [0.717, 1.165) is 0 Å². The number of hydrogen-bond acceptors (Lipinski definition) is 3. The SMILES string of the molecule is On1nnc2[c]cc(Cl)cc21. The van der Waals surface area contributed by atoms with Gasteiger partial charge in [-0.1, -0.05) is 16.4 Å². The molecule has 1 N–H and O–H groups in total. The molecule has 0 amide bonds. The minimum Gasteiger partial charge on any atom is -0.410 e. The summed E-state index contributed by atoms with van der Waals surface area (Å²) in [5.74, 6) is 0. The van der Waals surface area contributed by atoms with E-state index in [0.29, 0.717) is 20.9 Å². The second-order valence-electron chi connectivity index (χ2n) is 2.03. The minimum absolute atomic E-state index is 0.456. The third-order valence-electron chi connectivity index (χ3n) is 1.31. The van der Waals surface area contributed by atoms with Crippen molar-refractivity contribution in [2.24, 2.45) is 0 Å². The van der Waals surface area contributed by atoms with Crippen LogP contribution in [0.3, 0.4) is 0 Å². The molecule has 4 nitrogen and oxygen atoms in total. The van der Waals surface area contributed by atoms with Gasteiger partial charge in [0, 0.05) is 11.1 Å². The molecular formula is C6H3ClN3O. The van der Waals surface area contributed by atoms with Crippen molar-refractivity contribution in [3.63, 3.8) is 0 Å². The molecule has 0 saturated heterocycles. The first-order valence-corrected chi connectivity index (χ1v) is 3.27. The maximum Gasteiger partial charge on any atom is 0.132 e. The molecule has 0 saturated carbocycles. The van der Waals surface area contributed by atoms with Gasteiger partial charge in [-0.05, 0) is 17.3 Å². The van der Waals surface area contributed by atoms with Crippen molar-refractivity contribution in [1.29, 1.82) is 0 Å². The molecule has 1 aromatic carbocycles. The van der Waals surface area contributed by atoms with E-state index in [9.17, 15) is 0 Å². The number of aromatic nitrogens is 3. The number of benzene rings is 1. The molecule has 0 spiro atoms. The first-order valence-electron chi connectivity index (χ1n) is 2.89. The van der Waals surface area contributed by atoms with Gasteiger partial charge in [-0.3, -0.25) is 0 Å². The van der Waals surface area contributed by atoms with Crippen LogP contribution in [-0.4, -0.2) is 20.4 Å². The average Bonchev–Trinajstić information content (AvgIpc) is 2.33. The molecule has 0 atom stereocenters. The van der Waals surface area contributed by atoms with Crippen molar-refractivity contribution in [3.05, 3.63) is 23.2 Å². The highest BCUT2D eigenvalue weighted by molar-refractivity contribution is 6.31. The maximum atomic E-state index is 9.00. The van der Waals surface area contributed by atoms with Crippen molar-refractivity contribution in [3.8, 4) is 0 Å². The van der Waals surface area contributed by atoms with E-state index in [2.05, 4.69) is 16.4 Å². The molecule has 0 aliphatic rings. The van der Waals surface area contributed by atoms with E-state index in [1.54, 1.807) is 12.1 Å². The first kappa shape index (κ1) is 6.42. The second-order valence-corrected chi connectivity index (χ2v) is 2.47. The summed E-state index contributed by atoms with van der Waals surface area (Å²) in [4.78, 5) is 0.664. The summed E-state index contributed by atoms with van der Waals surface area (Å²) in [6.45, 7) is 0. The van der Waals surface area contributed by atoms with E-state index < -0.39 is 0 Å². The Kier molecular flexibility index (Phi) is 1.22. The van der Waals surface area contributed by atoms with Crippen molar-refractivity contribution >= 4 is 22.6 Å². The molecule has 1 aromatic heterocycles. The van der Waals surface area contributed by atoms with Gasteiger partial charge in [0.1, 0.15) is 11.0 Å². The van der Waals surface area contributed by atoms with E-state index in [1.165, 1.54) is 0 Å². The molecule has 0 unspecified atom stereocenters. The van der Waals surface area contributed by atoms with Crippen LogP contribution >= 0.6 is 11.6 Å². The Balaban J connectivity index is 2.87. The zero-order valence-electron chi connectivity index (χ0n) is 5.32. The molecule has 2 aromatic rings. The summed E-state index contributed by atoms with van der Waals surface area (Å²) in [6, 6.07) is 5.88. The summed E-state index contributed by atoms with van der Waals surface area (Å²) in [5, 5.41) is 16.5. The number of halogens is 1. The average molecular weight is 169 g/mol. The summed E-state index contributed by atoms with van der Waals surface area (Å²) in [7, 11) is 0. The Labute approximate surface area is 67.0 Å². The lowest BCUT2D eigenvalue weighted by Gasteiger charge is -1.89. The lowest BCUT2D eigenvalue weighted by molar-refractivity contribution is 0.155. The summed E-state index contributed by atoms with van der Waals surface area (Å²) in [6.07, 6.45) is 0. The summed E-state index contributed by atoms with van der Waals surface area (Å²) < 4.78 is 0. The van der Waals surface area contributed by atoms with E-state index >= 15 is 0 Å². The summed E-state index contributed by atoms with van der Waals surface area (Å²) in [5.41, 5.74) is 0.953. The van der Waals surface area contributed by atoms with Crippen LogP contribution in [0.15, 0.2) is 12.1 Å². The van der Waals surface area contributed by atoms with E-state index in [-0.39, 0.29) is 0 Å². The van der Waals surface area contributed by atoms with Crippen molar-refractivity contribution in [2.75, 3.05) is 0 Å². The standard InChI is InChI=1S/C6H3ClN3O/c7-4-1-2-5-6(3-4)10(11)9-8-5/h1,3,11H. The van der Waals surface area contributed by atoms with Crippen LogP contribution in [0.1, 0.15) is 0 Å². The van der Waals surface area contributed by atoms with Gasteiger partial charge in [-0.25, -0.2) is 0 Å². The monoisotopic (exact) mass is 168 g/mol. The fraction of sp³-hybridized carbons (Fsp3) is 0. The van der Waals surface area contributed by atoms with Crippen LogP contribution in [0.4, 0.5) is 0 Å². The number of rotatable bonds is 0. The highest BCUT2D eigenvalue weighted by atomic mass is 35.5. The molecule has 0 fully saturated rings. The Bertz CT molecular complexity index is 398. The van der Waals surface area contributed by atoms with E-state index in [1.807, 2.05) is 0 Å². The highest BCUT2D eigenvalue weighted by Crippen LogP contribution is 2.14. The quantitative estimate of drug-likeness (QED) is 0.600. The van der Waals surface area contributed by atoms with Crippen molar-refractivity contribution < 1.29 is 5.21 Å². The van der Waals surface area contributed by atoms with Crippen LogP contribution < -0.4 is 0 Å². The van der Waals surface area contributed by atoms with Crippen LogP contribution in [0.2, 0.25) is 5.02 Å². The third-order valence-corrected chi connectivity index (χ3v) is 1.53. The van der Waals surface area contributed by atoms with E-state index in [4.69, 9.17) is 16.8 Å². The van der Waals surface area contributed by atoms with Gasteiger partial charge < -0.3 is 5.21 Å². The molecule has 0 aliphatic heterocycles. The van der Waals surface area contributed by atoms with Crippen molar-refractivity contribution in [2.45, 2.75) is 0 Å². The predicted molar refractivity (Wildman–Crippen MR) is 38.6 cm³/mol. The van der Waals surface area contributed by atoms with Crippen LogP contribution in [-0.2, 0) is 0 Å². The Morgan fingerprint density at radius 2 is 2.45 bits per heavy atom.